The maximum absolute atomic E-state index is 6.59. The van der Waals surface area contributed by atoms with Gasteiger partial charge in [0.05, 0.1) is 6.61 Å². The van der Waals surface area contributed by atoms with Gasteiger partial charge in [0, 0.05) is 5.54 Å². The number of rotatable bonds is 4. The second kappa shape index (κ2) is 5.31. The maximum Gasteiger partial charge on any atom is 0.122 e. The molecule has 0 spiro atoms. The zero-order chi connectivity index (χ0) is 13.2. The molecular formula is C16H25NO. The SMILES string of the molecule is CCC(N)(CC1CCOc2ccccc21)C(C)C. The van der Waals surface area contributed by atoms with Crippen LogP contribution in [-0.2, 0) is 0 Å². The van der Waals surface area contributed by atoms with Gasteiger partial charge in [0.2, 0.25) is 0 Å². The first-order valence-corrected chi connectivity index (χ1v) is 7.07. The van der Waals surface area contributed by atoms with Crippen LogP contribution >= 0.6 is 0 Å². The van der Waals surface area contributed by atoms with Crippen LogP contribution in [0.1, 0.15) is 51.5 Å². The third-order valence-corrected chi connectivity index (χ3v) is 4.52. The van der Waals surface area contributed by atoms with Crippen molar-refractivity contribution in [1.82, 2.24) is 0 Å². The highest BCUT2D eigenvalue weighted by Gasteiger charge is 2.33. The number of ether oxygens (including phenoxy) is 1. The number of benzene rings is 1. The number of fused-ring (bicyclic) bond motifs is 1. The third-order valence-electron chi connectivity index (χ3n) is 4.52. The Labute approximate surface area is 111 Å². The summed E-state index contributed by atoms with van der Waals surface area (Å²) < 4.78 is 5.72. The summed E-state index contributed by atoms with van der Waals surface area (Å²) in [7, 11) is 0. The highest BCUT2D eigenvalue weighted by molar-refractivity contribution is 5.38. The highest BCUT2D eigenvalue weighted by atomic mass is 16.5. The van der Waals surface area contributed by atoms with Gasteiger partial charge >= 0.3 is 0 Å². The largest absolute Gasteiger partial charge is 0.493 e. The quantitative estimate of drug-likeness (QED) is 0.880. The van der Waals surface area contributed by atoms with Gasteiger partial charge in [-0.1, -0.05) is 39.0 Å². The molecule has 0 fully saturated rings. The van der Waals surface area contributed by atoms with E-state index in [1.54, 1.807) is 0 Å². The molecule has 0 radical (unpaired) electrons. The standard InChI is InChI=1S/C16H25NO/c1-4-16(17,12(2)3)11-13-9-10-18-15-8-6-5-7-14(13)15/h5-8,12-13H,4,9-11,17H2,1-3H3. The van der Waals surface area contributed by atoms with Crippen molar-refractivity contribution in [3.05, 3.63) is 29.8 Å². The van der Waals surface area contributed by atoms with Gasteiger partial charge in [-0.05, 0) is 42.7 Å². The van der Waals surface area contributed by atoms with Crippen molar-refractivity contribution in [2.24, 2.45) is 11.7 Å². The van der Waals surface area contributed by atoms with Gasteiger partial charge in [-0.2, -0.15) is 0 Å². The number of hydrogen-bond donors (Lipinski definition) is 1. The van der Waals surface area contributed by atoms with Crippen molar-refractivity contribution in [3.63, 3.8) is 0 Å². The Balaban J connectivity index is 2.21. The highest BCUT2D eigenvalue weighted by Crippen LogP contribution is 2.40. The van der Waals surface area contributed by atoms with Crippen LogP contribution in [0.4, 0.5) is 0 Å². The summed E-state index contributed by atoms with van der Waals surface area (Å²) in [6.45, 7) is 7.48. The Morgan fingerprint density at radius 2 is 2.11 bits per heavy atom. The van der Waals surface area contributed by atoms with Gasteiger partial charge < -0.3 is 10.5 Å². The average molecular weight is 247 g/mol. The third kappa shape index (κ3) is 2.54. The molecule has 2 atom stereocenters. The smallest absolute Gasteiger partial charge is 0.122 e. The second-order valence-electron chi connectivity index (χ2n) is 5.82. The molecule has 2 rings (SSSR count). The lowest BCUT2D eigenvalue weighted by Gasteiger charge is -2.38. The molecule has 1 aliphatic heterocycles. The van der Waals surface area contributed by atoms with Gasteiger partial charge in [-0.3, -0.25) is 0 Å². The predicted octanol–water partition coefficient (Wildman–Crippen LogP) is 3.71. The molecule has 0 saturated heterocycles. The van der Waals surface area contributed by atoms with Crippen LogP contribution in [0.3, 0.4) is 0 Å². The van der Waals surface area contributed by atoms with E-state index in [4.69, 9.17) is 10.5 Å². The molecule has 1 aromatic rings. The van der Waals surface area contributed by atoms with Crippen LogP contribution in [0.25, 0.3) is 0 Å². The number of hydrogen-bond acceptors (Lipinski definition) is 2. The number of para-hydroxylation sites is 1. The summed E-state index contributed by atoms with van der Waals surface area (Å²) >= 11 is 0. The first kappa shape index (κ1) is 13.4. The van der Waals surface area contributed by atoms with E-state index in [9.17, 15) is 0 Å². The molecule has 0 saturated carbocycles. The van der Waals surface area contributed by atoms with Crippen LogP contribution in [0.5, 0.6) is 5.75 Å². The van der Waals surface area contributed by atoms with E-state index in [1.807, 2.05) is 6.07 Å². The summed E-state index contributed by atoms with van der Waals surface area (Å²) in [6.07, 6.45) is 3.18. The molecule has 1 heterocycles. The van der Waals surface area contributed by atoms with Crippen molar-refractivity contribution in [3.8, 4) is 5.75 Å². The Morgan fingerprint density at radius 1 is 1.39 bits per heavy atom. The van der Waals surface area contributed by atoms with E-state index in [-0.39, 0.29) is 5.54 Å². The zero-order valence-electron chi connectivity index (χ0n) is 11.8. The summed E-state index contributed by atoms with van der Waals surface area (Å²) in [4.78, 5) is 0. The van der Waals surface area contributed by atoms with Crippen molar-refractivity contribution in [2.45, 2.75) is 51.5 Å². The van der Waals surface area contributed by atoms with Crippen LogP contribution < -0.4 is 10.5 Å². The van der Waals surface area contributed by atoms with Gasteiger partial charge in [-0.25, -0.2) is 0 Å². The van der Waals surface area contributed by atoms with E-state index in [1.165, 1.54) is 5.56 Å². The molecule has 2 unspecified atom stereocenters. The minimum absolute atomic E-state index is 0.0604. The molecule has 100 valence electrons. The van der Waals surface area contributed by atoms with Crippen molar-refractivity contribution in [1.29, 1.82) is 0 Å². The Kier molecular flexibility index (Phi) is 3.96. The van der Waals surface area contributed by atoms with Crippen molar-refractivity contribution < 1.29 is 4.74 Å². The molecule has 0 aliphatic carbocycles. The molecule has 18 heavy (non-hydrogen) atoms. The Morgan fingerprint density at radius 3 is 2.78 bits per heavy atom. The molecule has 0 aromatic heterocycles. The van der Waals surface area contributed by atoms with E-state index in [0.717, 1.165) is 31.6 Å². The predicted molar refractivity (Wildman–Crippen MR) is 76.0 cm³/mol. The monoisotopic (exact) mass is 247 g/mol. The molecule has 2 heteroatoms. The van der Waals surface area contributed by atoms with Crippen LogP contribution in [0.15, 0.2) is 24.3 Å². The lowest BCUT2D eigenvalue weighted by molar-refractivity contribution is 0.212. The molecule has 0 amide bonds. The molecule has 0 bridgehead atoms. The summed E-state index contributed by atoms with van der Waals surface area (Å²) in [5, 5.41) is 0. The molecule has 2 nitrogen and oxygen atoms in total. The lowest BCUT2D eigenvalue weighted by Crippen LogP contribution is -2.46. The molecule has 2 N–H and O–H groups in total. The normalized spacial score (nSPS) is 22.2. The molecule has 1 aromatic carbocycles. The second-order valence-corrected chi connectivity index (χ2v) is 5.82. The average Bonchev–Trinajstić information content (AvgIpc) is 2.39. The Bertz CT molecular complexity index is 402. The van der Waals surface area contributed by atoms with E-state index in [2.05, 4.69) is 39.0 Å². The Hall–Kier alpha value is -1.02. The number of nitrogens with two attached hydrogens (primary N) is 1. The summed E-state index contributed by atoms with van der Waals surface area (Å²) in [5.74, 6) is 2.11. The lowest BCUT2D eigenvalue weighted by atomic mass is 9.74. The van der Waals surface area contributed by atoms with Gasteiger partial charge in [0.1, 0.15) is 5.75 Å². The first-order valence-electron chi connectivity index (χ1n) is 7.07. The first-order chi connectivity index (χ1) is 8.57. The van der Waals surface area contributed by atoms with E-state index >= 15 is 0 Å². The summed E-state index contributed by atoms with van der Waals surface area (Å²) in [6, 6.07) is 8.40. The van der Waals surface area contributed by atoms with Crippen molar-refractivity contribution in [2.75, 3.05) is 6.61 Å². The minimum Gasteiger partial charge on any atom is -0.493 e. The van der Waals surface area contributed by atoms with Gasteiger partial charge in [0.15, 0.2) is 0 Å². The molecule has 1 aliphatic rings. The summed E-state index contributed by atoms with van der Waals surface area (Å²) in [5.41, 5.74) is 7.87. The fourth-order valence-corrected chi connectivity index (χ4v) is 2.87. The van der Waals surface area contributed by atoms with Gasteiger partial charge in [0.25, 0.3) is 0 Å². The van der Waals surface area contributed by atoms with Crippen LogP contribution in [-0.4, -0.2) is 12.1 Å². The fourth-order valence-electron chi connectivity index (χ4n) is 2.87. The van der Waals surface area contributed by atoms with Gasteiger partial charge in [-0.15, -0.1) is 0 Å². The fraction of sp³-hybridized carbons (Fsp3) is 0.625. The van der Waals surface area contributed by atoms with Crippen molar-refractivity contribution >= 4 is 0 Å². The molecular weight excluding hydrogens is 222 g/mol. The van der Waals surface area contributed by atoms with Crippen LogP contribution in [0.2, 0.25) is 0 Å². The van der Waals surface area contributed by atoms with E-state index in [0.29, 0.717) is 11.8 Å². The van der Waals surface area contributed by atoms with E-state index < -0.39 is 0 Å². The topological polar surface area (TPSA) is 35.2 Å². The minimum atomic E-state index is -0.0604. The maximum atomic E-state index is 6.59. The van der Waals surface area contributed by atoms with Crippen LogP contribution in [0, 0.1) is 5.92 Å². The zero-order valence-corrected chi connectivity index (χ0v) is 11.8.